The third-order valence-corrected chi connectivity index (χ3v) is 6.69. The SMILES string of the molecule is CC1(C)Oc2cc(I)ccc2-c2c1c(C(=O)NN1CCCCC1)nn2-c1ccc(F)cc1F. The van der Waals surface area contributed by atoms with Gasteiger partial charge in [-0.15, -0.1) is 0 Å². The second-order valence-corrected chi connectivity index (χ2v) is 10.1. The molecule has 0 unspecified atom stereocenters. The Morgan fingerprint density at radius 3 is 2.61 bits per heavy atom. The lowest BCUT2D eigenvalue weighted by atomic mass is 9.89. The van der Waals surface area contributed by atoms with Crippen molar-refractivity contribution in [3.63, 3.8) is 0 Å². The molecule has 0 atom stereocenters. The fraction of sp³-hybridized carbons (Fsp3) is 0.333. The van der Waals surface area contributed by atoms with Gasteiger partial charge < -0.3 is 4.74 Å². The van der Waals surface area contributed by atoms with E-state index in [4.69, 9.17) is 4.74 Å². The Bertz CT molecular complexity index is 1250. The van der Waals surface area contributed by atoms with Gasteiger partial charge in [-0.1, -0.05) is 6.42 Å². The number of piperidine rings is 1. The number of aromatic nitrogens is 2. The van der Waals surface area contributed by atoms with Gasteiger partial charge in [-0.05, 0) is 79.6 Å². The van der Waals surface area contributed by atoms with Gasteiger partial charge >= 0.3 is 0 Å². The molecule has 3 heterocycles. The molecule has 1 aromatic heterocycles. The molecule has 1 amide bonds. The summed E-state index contributed by atoms with van der Waals surface area (Å²) in [5.74, 6) is -1.20. The van der Waals surface area contributed by atoms with Crippen LogP contribution in [-0.4, -0.2) is 33.8 Å². The molecule has 1 saturated heterocycles. The van der Waals surface area contributed by atoms with Gasteiger partial charge in [0, 0.05) is 28.3 Å². The summed E-state index contributed by atoms with van der Waals surface area (Å²) in [6.45, 7) is 5.25. The molecule has 2 aliphatic heterocycles. The lowest BCUT2D eigenvalue weighted by Gasteiger charge is -2.34. The van der Waals surface area contributed by atoms with Crippen LogP contribution >= 0.6 is 22.6 Å². The van der Waals surface area contributed by atoms with E-state index in [0.29, 0.717) is 22.6 Å². The predicted molar refractivity (Wildman–Crippen MR) is 128 cm³/mol. The summed E-state index contributed by atoms with van der Waals surface area (Å²) in [5, 5.41) is 6.46. The molecule has 172 valence electrons. The van der Waals surface area contributed by atoms with E-state index >= 15 is 0 Å². The highest BCUT2D eigenvalue weighted by Crippen LogP contribution is 2.48. The number of nitrogens with zero attached hydrogens (tertiary/aromatic N) is 3. The highest BCUT2D eigenvalue weighted by atomic mass is 127. The molecule has 6 nitrogen and oxygen atoms in total. The van der Waals surface area contributed by atoms with Crippen LogP contribution in [0, 0.1) is 15.2 Å². The minimum absolute atomic E-state index is 0.0619. The van der Waals surface area contributed by atoms with Crippen molar-refractivity contribution < 1.29 is 18.3 Å². The molecule has 5 rings (SSSR count). The van der Waals surface area contributed by atoms with E-state index in [9.17, 15) is 13.6 Å². The summed E-state index contributed by atoms with van der Waals surface area (Å²) >= 11 is 2.20. The maximum absolute atomic E-state index is 14.9. The largest absolute Gasteiger partial charge is 0.482 e. The monoisotopic (exact) mass is 564 g/mol. The molecular weight excluding hydrogens is 541 g/mol. The average molecular weight is 564 g/mol. The maximum atomic E-state index is 14.9. The molecule has 2 aliphatic rings. The van der Waals surface area contributed by atoms with Crippen molar-refractivity contribution >= 4 is 28.5 Å². The molecule has 1 N–H and O–H groups in total. The highest BCUT2D eigenvalue weighted by Gasteiger charge is 2.41. The van der Waals surface area contributed by atoms with E-state index in [-0.39, 0.29) is 17.3 Å². The summed E-state index contributed by atoms with van der Waals surface area (Å²) < 4.78 is 37.2. The first-order chi connectivity index (χ1) is 15.7. The minimum Gasteiger partial charge on any atom is -0.482 e. The van der Waals surface area contributed by atoms with Crippen molar-refractivity contribution in [1.29, 1.82) is 0 Å². The van der Waals surface area contributed by atoms with E-state index in [0.717, 1.165) is 42.0 Å². The standard InChI is InChI=1S/C24H23F2IN4O2/c1-24(2)20-21(23(32)29-30-10-4-3-5-11-30)28-31(18-9-6-14(25)12-17(18)26)22(20)16-8-7-15(27)13-19(16)33-24/h6-9,12-13H,3-5,10-11H2,1-2H3,(H,29,32). The third-order valence-electron chi connectivity index (χ3n) is 6.02. The number of carbonyl (C=O) groups excluding carboxylic acids is 1. The van der Waals surface area contributed by atoms with Crippen LogP contribution < -0.4 is 10.2 Å². The van der Waals surface area contributed by atoms with Crippen molar-refractivity contribution in [3.05, 3.63) is 62.9 Å². The molecule has 1 fully saturated rings. The van der Waals surface area contributed by atoms with Crippen molar-refractivity contribution in [3.8, 4) is 22.7 Å². The Morgan fingerprint density at radius 1 is 1.12 bits per heavy atom. The van der Waals surface area contributed by atoms with E-state index in [1.807, 2.05) is 37.1 Å². The van der Waals surface area contributed by atoms with Gasteiger partial charge in [0.2, 0.25) is 0 Å². The first-order valence-electron chi connectivity index (χ1n) is 10.9. The fourth-order valence-electron chi connectivity index (χ4n) is 4.53. The quantitative estimate of drug-likeness (QED) is 0.446. The smallest absolute Gasteiger partial charge is 0.286 e. The van der Waals surface area contributed by atoms with Gasteiger partial charge in [0.25, 0.3) is 5.91 Å². The molecule has 0 spiro atoms. The zero-order valence-corrected chi connectivity index (χ0v) is 20.4. The first kappa shape index (κ1) is 22.3. The molecule has 0 radical (unpaired) electrons. The van der Waals surface area contributed by atoms with Crippen LogP contribution in [0.5, 0.6) is 5.75 Å². The van der Waals surface area contributed by atoms with Crippen molar-refractivity contribution in [2.45, 2.75) is 38.7 Å². The van der Waals surface area contributed by atoms with Crippen LogP contribution in [-0.2, 0) is 5.60 Å². The zero-order valence-electron chi connectivity index (χ0n) is 18.3. The number of ether oxygens (including phenoxy) is 1. The molecule has 0 aliphatic carbocycles. The Kier molecular flexibility index (Phi) is 5.64. The van der Waals surface area contributed by atoms with Crippen LogP contribution in [0.2, 0.25) is 0 Å². The van der Waals surface area contributed by atoms with Crippen LogP contribution in [0.1, 0.15) is 49.2 Å². The number of hydrogen-bond donors (Lipinski definition) is 1. The topological polar surface area (TPSA) is 59.4 Å². The van der Waals surface area contributed by atoms with E-state index in [2.05, 4.69) is 33.1 Å². The van der Waals surface area contributed by atoms with E-state index in [1.54, 1.807) is 0 Å². The number of hydrazine groups is 1. The van der Waals surface area contributed by atoms with Gasteiger partial charge in [0.15, 0.2) is 11.5 Å². The first-order valence-corrected chi connectivity index (χ1v) is 12.0. The summed E-state index contributed by atoms with van der Waals surface area (Å²) in [4.78, 5) is 13.4. The molecule has 2 aromatic carbocycles. The molecule has 0 bridgehead atoms. The normalized spacial score (nSPS) is 17.1. The maximum Gasteiger partial charge on any atom is 0.286 e. The van der Waals surface area contributed by atoms with Gasteiger partial charge in [-0.3, -0.25) is 10.2 Å². The molecule has 33 heavy (non-hydrogen) atoms. The number of halogens is 3. The summed E-state index contributed by atoms with van der Waals surface area (Å²) in [6, 6.07) is 9.01. The van der Waals surface area contributed by atoms with Crippen molar-refractivity contribution in [1.82, 2.24) is 20.2 Å². The molecule has 3 aromatic rings. The fourth-order valence-corrected chi connectivity index (χ4v) is 4.99. The number of fused-ring (bicyclic) bond motifs is 3. The molecule has 9 heteroatoms. The third kappa shape index (κ3) is 4.01. The second-order valence-electron chi connectivity index (χ2n) is 8.82. The summed E-state index contributed by atoms with van der Waals surface area (Å²) in [6.07, 6.45) is 3.15. The highest BCUT2D eigenvalue weighted by molar-refractivity contribution is 14.1. The Morgan fingerprint density at radius 2 is 1.88 bits per heavy atom. The van der Waals surface area contributed by atoms with Crippen LogP contribution in [0.3, 0.4) is 0 Å². The second kappa shape index (κ2) is 8.35. The van der Waals surface area contributed by atoms with Crippen molar-refractivity contribution in [2.75, 3.05) is 13.1 Å². The van der Waals surface area contributed by atoms with Crippen LogP contribution in [0.15, 0.2) is 36.4 Å². The Labute approximate surface area is 204 Å². The summed E-state index contributed by atoms with van der Waals surface area (Å²) in [7, 11) is 0. The molecular formula is C24H23F2IN4O2. The predicted octanol–water partition coefficient (Wildman–Crippen LogP) is 5.18. The number of carbonyl (C=O) groups is 1. The Hall–Kier alpha value is -2.53. The number of benzene rings is 2. The van der Waals surface area contributed by atoms with E-state index < -0.39 is 17.2 Å². The molecule has 0 saturated carbocycles. The lowest BCUT2D eigenvalue weighted by Crippen LogP contribution is -2.46. The zero-order chi connectivity index (χ0) is 23.3. The van der Waals surface area contributed by atoms with E-state index in [1.165, 1.54) is 16.8 Å². The lowest BCUT2D eigenvalue weighted by molar-refractivity contribution is 0.0720. The van der Waals surface area contributed by atoms with Gasteiger partial charge in [-0.25, -0.2) is 18.5 Å². The van der Waals surface area contributed by atoms with Gasteiger partial charge in [0.05, 0.1) is 11.3 Å². The number of nitrogens with one attached hydrogen (secondary N) is 1. The van der Waals surface area contributed by atoms with Crippen LogP contribution in [0.4, 0.5) is 8.78 Å². The van der Waals surface area contributed by atoms with Gasteiger partial charge in [0.1, 0.15) is 22.9 Å². The average Bonchev–Trinajstić information content (AvgIpc) is 3.16. The summed E-state index contributed by atoms with van der Waals surface area (Å²) in [5.41, 5.74) is 4.09. The number of amides is 1. The van der Waals surface area contributed by atoms with Gasteiger partial charge in [-0.2, -0.15) is 5.10 Å². The number of rotatable bonds is 3. The van der Waals surface area contributed by atoms with Crippen molar-refractivity contribution in [2.24, 2.45) is 0 Å². The van der Waals surface area contributed by atoms with Crippen LogP contribution in [0.25, 0.3) is 16.9 Å². The minimum atomic E-state index is -0.907. The number of hydrogen-bond acceptors (Lipinski definition) is 4. The Balaban J connectivity index is 1.72.